The van der Waals surface area contributed by atoms with Crippen molar-refractivity contribution in [2.24, 2.45) is 0 Å². The zero-order valence-corrected chi connectivity index (χ0v) is 11.0. The number of imidazole rings is 1. The molecular formula is C12H20N6. The molecule has 0 spiro atoms. The summed E-state index contributed by atoms with van der Waals surface area (Å²) in [6.45, 7) is 6.87. The van der Waals surface area contributed by atoms with Crippen LogP contribution in [0.5, 0.6) is 0 Å². The molecule has 0 radical (unpaired) electrons. The highest BCUT2D eigenvalue weighted by Gasteiger charge is 2.06. The molecule has 0 aliphatic heterocycles. The molecule has 0 aliphatic rings. The molecule has 6 nitrogen and oxygen atoms in total. The first-order valence-corrected chi connectivity index (χ1v) is 6.35. The van der Waals surface area contributed by atoms with Crippen molar-refractivity contribution in [2.45, 2.75) is 45.9 Å². The minimum atomic E-state index is 0.367. The Balaban J connectivity index is 1.81. The molecule has 18 heavy (non-hydrogen) atoms. The van der Waals surface area contributed by atoms with Crippen LogP contribution in [0.25, 0.3) is 0 Å². The summed E-state index contributed by atoms with van der Waals surface area (Å²) in [5.74, 6) is 0.995. The molecule has 2 heterocycles. The first-order valence-electron chi connectivity index (χ1n) is 6.35. The molecule has 0 aliphatic carbocycles. The van der Waals surface area contributed by atoms with Gasteiger partial charge in [0.25, 0.3) is 0 Å². The molecule has 0 saturated carbocycles. The van der Waals surface area contributed by atoms with Gasteiger partial charge in [-0.2, -0.15) is 5.10 Å². The number of hydrogen-bond acceptors (Lipinski definition) is 4. The van der Waals surface area contributed by atoms with Gasteiger partial charge in [0.15, 0.2) is 0 Å². The number of hydrogen-bond donors (Lipinski definition) is 1. The standard InChI is InChI=1S/C12H20N6/c1-3-5-18-12(15-9-16-18)7-14-11(2)8-17-6-4-13-10-17/h4,6,9-11,14H,3,5,7-8H2,1-2H3. The topological polar surface area (TPSA) is 60.6 Å². The number of rotatable bonds is 7. The molecule has 2 aromatic heterocycles. The Hall–Kier alpha value is -1.69. The molecule has 98 valence electrons. The summed E-state index contributed by atoms with van der Waals surface area (Å²) < 4.78 is 4.02. The van der Waals surface area contributed by atoms with Gasteiger partial charge < -0.3 is 9.88 Å². The maximum Gasteiger partial charge on any atom is 0.140 e. The van der Waals surface area contributed by atoms with E-state index in [1.807, 2.05) is 17.2 Å². The lowest BCUT2D eigenvalue weighted by molar-refractivity contribution is 0.454. The second kappa shape index (κ2) is 6.30. The van der Waals surface area contributed by atoms with E-state index < -0.39 is 0 Å². The van der Waals surface area contributed by atoms with Gasteiger partial charge in [-0.3, -0.25) is 0 Å². The van der Waals surface area contributed by atoms with Gasteiger partial charge in [-0.05, 0) is 13.3 Å². The third kappa shape index (κ3) is 3.40. The van der Waals surface area contributed by atoms with Gasteiger partial charge in [0.2, 0.25) is 0 Å². The minimum absolute atomic E-state index is 0.367. The van der Waals surface area contributed by atoms with Crippen LogP contribution in [0.3, 0.4) is 0 Å². The van der Waals surface area contributed by atoms with Gasteiger partial charge in [0.05, 0.1) is 12.9 Å². The lowest BCUT2D eigenvalue weighted by atomic mass is 10.3. The SMILES string of the molecule is CCCn1ncnc1CNC(C)Cn1ccnc1. The van der Waals surface area contributed by atoms with Gasteiger partial charge in [-0.15, -0.1) is 0 Å². The Kier molecular flexibility index (Phi) is 4.46. The van der Waals surface area contributed by atoms with Crippen LogP contribution in [-0.4, -0.2) is 30.4 Å². The van der Waals surface area contributed by atoms with E-state index in [9.17, 15) is 0 Å². The minimum Gasteiger partial charge on any atom is -0.336 e. The molecule has 2 rings (SSSR count). The number of nitrogens with zero attached hydrogens (tertiary/aromatic N) is 5. The molecule has 1 unspecified atom stereocenters. The fraction of sp³-hybridized carbons (Fsp3) is 0.583. The molecule has 6 heteroatoms. The van der Waals surface area contributed by atoms with Crippen LogP contribution in [0.2, 0.25) is 0 Å². The summed E-state index contributed by atoms with van der Waals surface area (Å²) >= 11 is 0. The summed E-state index contributed by atoms with van der Waals surface area (Å²) in [4.78, 5) is 8.31. The van der Waals surface area contributed by atoms with Gasteiger partial charge in [0, 0.05) is 31.5 Å². The van der Waals surface area contributed by atoms with Gasteiger partial charge >= 0.3 is 0 Å². The lowest BCUT2D eigenvalue weighted by Gasteiger charge is -2.14. The highest BCUT2D eigenvalue weighted by atomic mass is 15.3. The summed E-state index contributed by atoms with van der Waals surface area (Å²) in [5.41, 5.74) is 0. The van der Waals surface area contributed by atoms with Crippen LogP contribution < -0.4 is 5.32 Å². The highest BCUT2D eigenvalue weighted by Crippen LogP contribution is 1.98. The molecule has 0 saturated heterocycles. The fourth-order valence-electron chi connectivity index (χ4n) is 1.86. The van der Waals surface area contributed by atoms with Crippen LogP contribution in [0.15, 0.2) is 25.0 Å². The zero-order chi connectivity index (χ0) is 12.8. The quantitative estimate of drug-likeness (QED) is 0.796. The third-order valence-electron chi connectivity index (χ3n) is 2.78. The number of nitrogens with one attached hydrogen (secondary N) is 1. The summed E-state index contributed by atoms with van der Waals surface area (Å²) in [6, 6.07) is 0.367. The Bertz CT molecular complexity index is 447. The number of aromatic nitrogens is 5. The summed E-state index contributed by atoms with van der Waals surface area (Å²) in [5, 5.41) is 7.66. The van der Waals surface area contributed by atoms with Crippen molar-refractivity contribution < 1.29 is 0 Å². The predicted octanol–water partition coefficient (Wildman–Crippen LogP) is 1.06. The van der Waals surface area contributed by atoms with Crippen LogP contribution >= 0.6 is 0 Å². The Morgan fingerprint density at radius 1 is 1.44 bits per heavy atom. The molecule has 0 amide bonds. The average molecular weight is 248 g/mol. The Morgan fingerprint density at radius 3 is 3.06 bits per heavy atom. The van der Waals surface area contributed by atoms with Crippen LogP contribution in [0.1, 0.15) is 26.1 Å². The molecule has 1 N–H and O–H groups in total. The van der Waals surface area contributed by atoms with Crippen molar-refractivity contribution in [3.63, 3.8) is 0 Å². The van der Waals surface area contributed by atoms with Crippen molar-refractivity contribution in [1.82, 2.24) is 29.6 Å². The second-order valence-electron chi connectivity index (χ2n) is 4.44. The molecule has 2 aromatic rings. The smallest absolute Gasteiger partial charge is 0.140 e. The van der Waals surface area contributed by atoms with Crippen molar-refractivity contribution in [2.75, 3.05) is 0 Å². The maximum atomic E-state index is 4.27. The third-order valence-corrected chi connectivity index (χ3v) is 2.78. The van der Waals surface area contributed by atoms with Crippen molar-refractivity contribution in [3.8, 4) is 0 Å². The Labute approximate surface area is 107 Å². The van der Waals surface area contributed by atoms with E-state index in [1.165, 1.54) is 0 Å². The number of aryl methyl sites for hydroxylation is 1. The van der Waals surface area contributed by atoms with E-state index in [2.05, 4.69) is 38.8 Å². The Morgan fingerprint density at radius 2 is 2.33 bits per heavy atom. The fourth-order valence-corrected chi connectivity index (χ4v) is 1.86. The van der Waals surface area contributed by atoms with E-state index in [1.54, 1.807) is 12.5 Å². The molecular weight excluding hydrogens is 228 g/mol. The molecule has 0 aromatic carbocycles. The van der Waals surface area contributed by atoms with E-state index >= 15 is 0 Å². The zero-order valence-electron chi connectivity index (χ0n) is 11.0. The van der Waals surface area contributed by atoms with Gasteiger partial charge in [-0.25, -0.2) is 14.6 Å². The van der Waals surface area contributed by atoms with Gasteiger partial charge in [-0.1, -0.05) is 6.92 Å². The first kappa shape index (κ1) is 12.8. The summed E-state index contributed by atoms with van der Waals surface area (Å²) in [7, 11) is 0. The normalized spacial score (nSPS) is 12.8. The summed E-state index contributed by atoms with van der Waals surface area (Å²) in [6.07, 6.45) is 8.29. The largest absolute Gasteiger partial charge is 0.336 e. The van der Waals surface area contributed by atoms with E-state index in [-0.39, 0.29) is 0 Å². The monoisotopic (exact) mass is 248 g/mol. The second-order valence-corrected chi connectivity index (χ2v) is 4.44. The first-order chi connectivity index (χ1) is 8.79. The van der Waals surface area contributed by atoms with Crippen molar-refractivity contribution in [3.05, 3.63) is 30.9 Å². The van der Waals surface area contributed by atoms with Crippen LogP contribution in [0, 0.1) is 0 Å². The lowest BCUT2D eigenvalue weighted by Crippen LogP contribution is -2.30. The van der Waals surface area contributed by atoms with Crippen LogP contribution in [-0.2, 0) is 19.6 Å². The molecule has 0 fully saturated rings. The van der Waals surface area contributed by atoms with E-state index in [4.69, 9.17) is 0 Å². The molecule has 1 atom stereocenters. The van der Waals surface area contributed by atoms with Crippen LogP contribution in [0.4, 0.5) is 0 Å². The van der Waals surface area contributed by atoms with Crippen molar-refractivity contribution >= 4 is 0 Å². The maximum absolute atomic E-state index is 4.27. The molecule has 0 bridgehead atoms. The van der Waals surface area contributed by atoms with Crippen molar-refractivity contribution in [1.29, 1.82) is 0 Å². The highest BCUT2D eigenvalue weighted by molar-refractivity contribution is 4.85. The van der Waals surface area contributed by atoms with E-state index in [0.29, 0.717) is 6.04 Å². The van der Waals surface area contributed by atoms with E-state index in [0.717, 1.165) is 31.9 Å². The predicted molar refractivity (Wildman–Crippen MR) is 68.8 cm³/mol. The van der Waals surface area contributed by atoms with Gasteiger partial charge in [0.1, 0.15) is 12.2 Å². The average Bonchev–Trinajstić information content (AvgIpc) is 2.99.